The standard InChI is InChI=1S/C25H41N/c1-20(2)17-23-12-14-24(15-13-23)21(3)19-26-16-8-7-11-25(26)18-22-9-5-4-6-10-22/h12-15,20-22,25H,4-11,16-19H2,1-3H3. The largest absolute Gasteiger partial charge is 0.300 e. The Labute approximate surface area is 162 Å². The van der Waals surface area contributed by atoms with E-state index in [1.165, 1.54) is 88.4 Å². The Morgan fingerprint density at radius 2 is 1.58 bits per heavy atom. The van der Waals surface area contributed by atoms with Crippen LogP contribution in [0.3, 0.4) is 0 Å². The van der Waals surface area contributed by atoms with Crippen LogP contribution in [0.2, 0.25) is 0 Å². The quantitative estimate of drug-likeness (QED) is 0.519. The van der Waals surface area contributed by atoms with Gasteiger partial charge in [0.1, 0.15) is 0 Å². The number of benzene rings is 1. The van der Waals surface area contributed by atoms with Gasteiger partial charge in [-0.05, 0) is 61.1 Å². The summed E-state index contributed by atoms with van der Waals surface area (Å²) < 4.78 is 0. The van der Waals surface area contributed by atoms with Gasteiger partial charge in [0.2, 0.25) is 0 Å². The third kappa shape index (κ3) is 5.84. The van der Waals surface area contributed by atoms with E-state index in [4.69, 9.17) is 0 Å². The number of nitrogens with zero attached hydrogens (tertiary/aromatic N) is 1. The van der Waals surface area contributed by atoms with E-state index in [-0.39, 0.29) is 0 Å². The van der Waals surface area contributed by atoms with Crippen LogP contribution in [-0.4, -0.2) is 24.0 Å². The van der Waals surface area contributed by atoms with Gasteiger partial charge in [-0.25, -0.2) is 0 Å². The van der Waals surface area contributed by atoms with Gasteiger partial charge in [0, 0.05) is 12.6 Å². The van der Waals surface area contributed by atoms with Crippen molar-refractivity contribution in [1.82, 2.24) is 4.90 Å². The molecule has 1 aromatic rings. The summed E-state index contributed by atoms with van der Waals surface area (Å²) in [6, 6.07) is 10.4. The fraction of sp³-hybridized carbons (Fsp3) is 0.760. The summed E-state index contributed by atoms with van der Waals surface area (Å²) in [6.45, 7) is 9.62. The monoisotopic (exact) mass is 355 g/mol. The Kier molecular flexibility index (Phi) is 7.61. The highest BCUT2D eigenvalue weighted by Gasteiger charge is 2.27. The average molecular weight is 356 g/mol. The normalized spacial score (nSPS) is 24.1. The molecule has 1 nitrogen and oxygen atoms in total. The third-order valence-electron chi connectivity index (χ3n) is 6.78. The molecule has 26 heavy (non-hydrogen) atoms. The zero-order valence-electron chi connectivity index (χ0n) is 17.6. The maximum Gasteiger partial charge on any atom is 0.00981 e. The van der Waals surface area contributed by atoms with Crippen LogP contribution in [0.4, 0.5) is 0 Å². The molecule has 0 amide bonds. The lowest BCUT2D eigenvalue weighted by Gasteiger charge is -2.39. The van der Waals surface area contributed by atoms with Gasteiger partial charge in [0.05, 0.1) is 0 Å². The molecule has 146 valence electrons. The Morgan fingerprint density at radius 1 is 0.885 bits per heavy atom. The van der Waals surface area contributed by atoms with Crippen molar-refractivity contribution < 1.29 is 0 Å². The van der Waals surface area contributed by atoms with Crippen LogP contribution < -0.4 is 0 Å². The molecule has 1 aromatic carbocycles. The minimum Gasteiger partial charge on any atom is -0.300 e. The summed E-state index contributed by atoms with van der Waals surface area (Å²) in [5.74, 6) is 2.40. The van der Waals surface area contributed by atoms with E-state index in [0.29, 0.717) is 5.92 Å². The highest BCUT2D eigenvalue weighted by atomic mass is 15.2. The van der Waals surface area contributed by atoms with Crippen LogP contribution in [0.25, 0.3) is 0 Å². The van der Waals surface area contributed by atoms with Crippen LogP contribution in [0.5, 0.6) is 0 Å². The second kappa shape index (κ2) is 9.93. The minimum atomic E-state index is 0.648. The Balaban J connectivity index is 1.56. The molecule has 1 heterocycles. The van der Waals surface area contributed by atoms with E-state index >= 15 is 0 Å². The SMILES string of the molecule is CC(C)Cc1ccc(C(C)CN2CCCCC2CC2CCCCC2)cc1. The number of rotatable bonds is 7. The summed E-state index contributed by atoms with van der Waals surface area (Å²) in [7, 11) is 0. The summed E-state index contributed by atoms with van der Waals surface area (Å²) >= 11 is 0. The van der Waals surface area contributed by atoms with Crippen molar-refractivity contribution in [3.8, 4) is 0 Å². The first-order valence-electron chi connectivity index (χ1n) is 11.4. The van der Waals surface area contributed by atoms with Crippen molar-refractivity contribution in [3.05, 3.63) is 35.4 Å². The minimum absolute atomic E-state index is 0.648. The van der Waals surface area contributed by atoms with E-state index in [1.807, 2.05) is 0 Å². The van der Waals surface area contributed by atoms with Gasteiger partial charge >= 0.3 is 0 Å². The molecule has 0 spiro atoms. The van der Waals surface area contributed by atoms with Crippen molar-refractivity contribution in [1.29, 1.82) is 0 Å². The molecule has 1 aliphatic heterocycles. The van der Waals surface area contributed by atoms with Crippen molar-refractivity contribution in [2.75, 3.05) is 13.1 Å². The lowest BCUT2D eigenvalue weighted by molar-refractivity contribution is 0.111. The number of hydrogen-bond acceptors (Lipinski definition) is 1. The van der Waals surface area contributed by atoms with Gasteiger partial charge in [-0.2, -0.15) is 0 Å². The van der Waals surface area contributed by atoms with Gasteiger partial charge in [-0.1, -0.05) is 83.6 Å². The maximum absolute atomic E-state index is 2.85. The molecule has 1 saturated heterocycles. The molecule has 2 atom stereocenters. The Bertz CT molecular complexity index is 511. The molecule has 0 N–H and O–H groups in total. The van der Waals surface area contributed by atoms with Gasteiger partial charge < -0.3 is 0 Å². The summed E-state index contributed by atoms with van der Waals surface area (Å²) in [4.78, 5) is 2.85. The highest BCUT2D eigenvalue weighted by Crippen LogP contribution is 2.32. The van der Waals surface area contributed by atoms with Crippen LogP contribution >= 0.6 is 0 Å². The van der Waals surface area contributed by atoms with E-state index < -0.39 is 0 Å². The number of likely N-dealkylation sites (tertiary alicyclic amines) is 1. The Morgan fingerprint density at radius 3 is 2.27 bits per heavy atom. The molecule has 2 unspecified atom stereocenters. The van der Waals surface area contributed by atoms with Gasteiger partial charge in [0.15, 0.2) is 0 Å². The fourth-order valence-corrected chi connectivity index (χ4v) is 5.29. The molecule has 2 aliphatic rings. The van der Waals surface area contributed by atoms with Crippen molar-refractivity contribution in [3.63, 3.8) is 0 Å². The number of piperidine rings is 1. The second-order valence-corrected chi connectivity index (χ2v) is 9.62. The molecule has 0 radical (unpaired) electrons. The first kappa shape index (κ1) is 19.9. The smallest absolute Gasteiger partial charge is 0.00981 e. The molecule has 0 aromatic heterocycles. The van der Waals surface area contributed by atoms with E-state index in [0.717, 1.165) is 17.9 Å². The van der Waals surface area contributed by atoms with E-state index in [2.05, 4.69) is 49.9 Å². The Hall–Kier alpha value is -0.820. The molecule has 1 heteroatoms. The topological polar surface area (TPSA) is 3.24 Å². The molecule has 1 aliphatic carbocycles. The first-order valence-corrected chi connectivity index (χ1v) is 11.4. The van der Waals surface area contributed by atoms with Crippen LogP contribution in [-0.2, 0) is 6.42 Å². The molecular formula is C25H41N. The molecular weight excluding hydrogens is 314 g/mol. The summed E-state index contributed by atoms with van der Waals surface area (Å²) in [6.07, 6.45) is 14.4. The first-order chi connectivity index (χ1) is 12.6. The zero-order chi connectivity index (χ0) is 18.4. The van der Waals surface area contributed by atoms with Gasteiger partial charge in [-0.15, -0.1) is 0 Å². The predicted octanol–water partition coefficient (Wildman–Crippen LogP) is 6.81. The average Bonchev–Trinajstić information content (AvgIpc) is 2.64. The second-order valence-electron chi connectivity index (χ2n) is 9.62. The molecule has 1 saturated carbocycles. The third-order valence-corrected chi connectivity index (χ3v) is 6.78. The summed E-state index contributed by atoms with van der Waals surface area (Å²) in [5, 5.41) is 0. The highest BCUT2D eigenvalue weighted by molar-refractivity contribution is 5.25. The van der Waals surface area contributed by atoms with Crippen molar-refractivity contribution >= 4 is 0 Å². The lowest BCUT2D eigenvalue weighted by Crippen LogP contribution is -2.42. The zero-order valence-corrected chi connectivity index (χ0v) is 17.6. The molecule has 2 fully saturated rings. The number of hydrogen-bond donors (Lipinski definition) is 0. The van der Waals surface area contributed by atoms with E-state index in [1.54, 1.807) is 0 Å². The molecule has 3 rings (SSSR count). The van der Waals surface area contributed by atoms with Gasteiger partial charge in [-0.3, -0.25) is 4.90 Å². The molecule has 0 bridgehead atoms. The summed E-state index contributed by atoms with van der Waals surface area (Å²) in [5.41, 5.74) is 3.02. The van der Waals surface area contributed by atoms with Crippen molar-refractivity contribution in [2.45, 2.75) is 96.9 Å². The van der Waals surface area contributed by atoms with Crippen LogP contribution in [0.1, 0.15) is 95.6 Å². The lowest BCUT2D eigenvalue weighted by atomic mass is 9.82. The fourth-order valence-electron chi connectivity index (χ4n) is 5.29. The van der Waals surface area contributed by atoms with Crippen LogP contribution in [0, 0.1) is 11.8 Å². The predicted molar refractivity (Wildman–Crippen MR) is 114 cm³/mol. The van der Waals surface area contributed by atoms with E-state index in [9.17, 15) is 0 Å². The van der Waals surface area contributed by atoms with Gasteiger partial charge in [0.25, 0.3) is 0 Å². The van der Waals surface area contributed by atoms with Crippen molar-refractivity contribution in [2.24, 2.45) is 11.8 Å². The van der Waals surface area contributed by atoms with Crippen LogP contribution in [0.15, 0.2) is 24.3 Å². The maximum atomic E-state index is 2.85.